The summed E-state index contributed by atoms with van der Waals surface area (Å²) in [5.74, 6) is 0. The zero-order valence-corrected chi connectivity index (χ0v) is 58.6. The molecule has 0 atom stereocenters. The first kappa shape index (κ1) is 75.4. The van der Waals surface area contributed by atoms with E-state index in [2.05, 4.69) is 161 Å². The zero-order valence-electron chi connectivity index (χ0n) is 51.4. The normalized spacial score (nSPS) is 12.9. The molecule has 0 rings (SSSR count). The minimum atomic E-state index is -1.17. The fourth-order valence-corrected chi connectivity index (χ4v) is 64.7. The van der Waals surface area contributed by atoms with Gasteiger partial charge < -0.3 is 15.5 Å². The summed E-state index contributed by atoms with van der Waals surface area (Å²) in [6.45, 7) is 51.8. The molecule has 0 aromatic carbocycles. The van der Waals surface area contributed by atoms with Crippen LogP contribution in [0.4, 0.5) is 0 Å². The predicted molar refractivity (Wildman–Crippen MR) is 333 cm³/mol. The van der Waals surface area contributed by atoms with Gasteiger partial charge in [-0.2, -0.15) is 20.8 Å². The van der Waals surface area contributed by atoms with Crippen LogP contribution >= 0.6 is 0 Å². The fraction of sp³-hybridized carbons (Fsp3) is 0.950. The quantitative estimate of drug-likeness (QED) is 0.0422. The van der Waals surface area contributed by atoms with Crippen LogP contribution in [0.1, 0.15) is 261 Å². The Morgan fingerprint density at radius 2 is 0.224 bits per heavy atom. The molecule has 0 aliphatic rings. The van der Waals surface area contributed by atoms with Crippen molar-refractivity contribution >= 4 is 48.4 Å². The van der Waals surface area contributed by atoms with Crippen LogP contribution in [-0.4, -0.2) is 48.4 Å². The maximum Gasteiger partial charge on any atom is 3.00 e. The van der Waals surface area contributed by atoms with Gasteiger partial charge >= 0.3 is 17.4 Å². The van der Waals surface area contributed by atoms with Crippen molar-refractivity contribution in [3.63, 3.8) is 0 Å². The molecule has 405 valence electrons. The molecule has 0 aliphatic heterocycles. The Balaban J connectivity index is -0.000000441. The van der Waals surface area contributed by atoms with Gasteiger partial charge in [0.25, 0.3) is 0 Å². The van der Waals surface area contributed by atoms with Crippen LogP contribution < -0.4 is 0 Å². The minimum Gasteiger partial charge on any atom is -0.314 e. The van der Waals surface area contributed by atoms with Gasteiger partial charge in [0.1, 0.15) is 0 Å². The monoisotopic (exact) mass is 1080 g/mol. The van der Waals surface area contributed by atoms with E-state index >= 15 is 0 Å². The van der Waals surface area contributed by atoms with Crippen LogP contribution in [-0.2, 0) is 17.4 Å². The number of rotatable bonds is 42. The van der Waals surface area contributed by atoms with E-state index in [1.807, 2.05) is 0 Å². The van der Waals surface area contributed by atoms with E-state index < -0.39 is 48.4 Å². The molecule has 0 spiro atoms. The van der Waals surface area contributed by atoms with Gasteiger partial charge in [0.05, 0.1) is 0 Å². The third-order valence-corrected chi connectivity index (χ3v) is 63.2. The van der Waals surface area contributed by atoms with Gasteiger partial charge in [0.2, 0.25) is 0 Å². The molecule has 67 heavy (non-hydrogen) atoms. The number of hydrogen-bond donors (Lipinski definition) is 0. The average Bonchev–Trinajstić information content (AvgIpc) is 3.27. The second-order valence-corrected chi connectivity index (χ2v) is 53.4. The Labute approximate surface area is 447 Å². The van der Waals surface area contributed by atoms with Crippen molar-refractivity contribution in [2.75, 3.05) is 0 Å². The van der Waals surface area contributed by atoms with Gasteiger partial charge in [-0.3, -0.25) is 0 Å². The Kier molecular flexibility index (Phi) is 49.7. The van der Waals surface area contributed by atoms with Crippen LogP contribution in [0.5, 0.6) is 0 Å². The van der Waals surface area contributed by atoms with Crippen LogP contribution in [0.15, 0.2) is 0 Å². The third kappa shape index (κ3) is 24.4. The van der Waals surface area contributed by atoms with Gasteiger partial charge in [-0.1, -0.05) is 397 Å². The predicted octanol–water partition coefficient (Wildman–Crippen LogP) is 24.0. The number of hydrogen-bond acceptors (Lipinski definition) is 0. The van der Waals surface area contributed by atoms with E-state index in [4.69, 9.17) is 0 Å². The summed E-state index contributed by atoms with van der Waals surface area (Å²) < 4.78 is 0. The molecule has 0 bridgehead atoms. The van der Waals surface area contributed by atoms with Gasteiger partial charge in [0.15, 0.2) is 0 Å². The maximum absolute atomic E-state index is 2.68. The average molecular weight is 1080 g/mol. The van der Waals surface area contributed by atoms with Crippen molar-refractivity contribution in [1.29, 1.82) is 0 Å². The summed E-state index contributed by atoms with van der Waals surface area (Å²) in [7, 11) is -7.01. The van der Waals surface area contributed by atoms with Crippen LogP contribution in [0.2, 0.25) is 109 Å². The molecular weight excluding hydrogens is 941 g/mol. The van der Waals surface area contributed by atoms with E-state index in [0.717, 1.165) is 0 Å². The second-order valence-electron chi connectivity index (χ2n) is 23.1. The van der Waals surface area contributed by atoms with Crippen molar-refractivity contribution < 1.29 is 17.4 Å². The van der Waals surface area contributed by atoms with Gasteiger partial charge in [-0.15, -0.1) is 0 Å². The van der Waals surface area contributed by atoms with E-state index in [0.29, 0.717) is 0 Å². The third-order valence-electron chi connectivity index (χ3n) is 17.9. The zero-order chi connectivity index (χ0) is 51.2. The van der Waals surface area contributed by atoms with Crippen molar-refractivity contribution in [2.45, 2.75) is 370 Å². The summed E-state index contributed by atoms with van der Waals surface area (Å²) in [5, 5.41) is 6.49. The fourth-order valence-electron chi connectivity index (χ4n) is 15.9. The van der Waals surface area contributed by atoms with Crippen LogP contribution in [0.25, 0.3) is 0 Å². The van der Waals surface area contributed by atoms with Gasteiger partial charge in [0, 0.05) is 0 Å². The molecule has 0 saturated heterocycles. The molecule has 7 heteroatoms. The van der Waals surface area contributed by atoms with Gasteiger partial charge in [-0.05, 0) is 0 Å². The Morgan fingerprint density at radius 1 is 0.164 bits per heavy atom. The molecule has 0 nitrogen and oxygen atoms in total. The van der Waals surface area contributed by atoms with E-state index in [-0.39, 0.29) is 17.4 Å². The first-order chi connectivity index (χ1) is 31.6. The van der Waals surface area contributed by atoms with Crippen molar-refractivity contribution in [1.82, 2.24) is 0 Å². The van der Waals surface area contributed by atoms with Crippen molar-refractivity contribution in [3.05, 3.63) is 15.5 Å². The Morgan fingerprint density at radius 3 is 0.269 bits per heavy atom. The van der Waals surface area contributed by atoms with E-state index in [1.165, 1.54) is 116 Å². The standard InChI is InChI=1S/3C20H45Si2.Cr/c3*1-8-14-21(15-9-2,16-10-3)20(7)22(17-11-4,18-12-5)19-13-6;/h3*8-19H2,1-7H3;/q3*-1;+3. The molecular formula is C60H135CrSi6. The second kappa shape index (κ2) is 44.2. The topological polar surface area (TPSA) is 0 Å². The first-order valence-electron chi connectivity index (χ1n) is 31.1. The molecule has 0 N–H and O–H groups in total. The summed E-state index contributed by atoms with van der Waals surface area (Å²) in [4.78, 5) is 0. The molecule has 0 saturated carbocycles. The molecule has 0 heterocycles. The summed E-state index contributed by atoms with van der Waals surface area (Å²) in [6, 6.07) is 28.4. The maximum atomic E-state index is 2.68. The summed E-state index contributed by atoms with van der Waals surface area (Å²) in [5.41, 5.74) is 0. The molecule has 0 aromatic heterocycles. The minimum absolute atomic E-state index is 0. The van der Waals surface area contributed by atoms with E-state index in [9.17, 15) is 0 Å². The Bertz CT molecular complexity index is 743. The van der Waals surface area contributed by atoms with E-state index in [1.54, 1.807) is 109 Å². The summed E-state index contributed by atoms with van der Waals surface area (Å²) in [6.07, 6.45) is 25.5. The largest absolute Gasteiger partial charge is 3.00 e. The SMILES string of the molecule is CCC[Si](CCC)(CCC)[C-](C)[Si](CCC)(CCC)CCC.CCC[Si](CCC)(CCC)[C-](C)[Si](CCC)(CCC)CCC.CCC[Si](CCC)(CCC)[C-](C)[Si](CCC)(CCC)CCC.[Cr+3]. The molecule has 0 amide bonds. The summed E-state index contributed by atoms with van der Waals surface area (Å²) >= 11 is 0. The molecule has 0 aliphatic carbocycles. The molecule has 0 unspecified atom stereocenters. The van der Waals surface area contributed by atoms with Crippen LogP contribution in [0, 0.1) is 15.5 Å². The van der Waals surface area contributed by atoms with Crippen LogP contribution in [0.3, 0.4) is 0 Å². The Hall–Kier alpha value is 1.83. The molecule has 0 fully saturated rings. The van der Waals surface area contributed by atoms with Crippen molar-refractivity contribution in [2.24, 2.45) is 0 Å². The first-order valence-corrected chi connectivity index (χ1v) is 46.8. The molecule has 0 aromatic rings. The van der Waals surface area contributed by atoms with Crippen molar-refractivity contribution in [3.8, 4) is 0 Å². The smallest absolute Gasteiger partial charge is 0.314 e. The molecule has 1 radical (unpaired) electrons. The van der Waals surface area contributed by atoms with Gasteiger partial charge in [-0.25, -0.2) is 0 Å².